The van der Waals surface area contributed by atoms with Crippen LogP contribution in [0, 0.1) is 5.82 Å². The minimum atomic E-state index is -1.05. The van der Waals surface area contributed by atoms with Crippen LogP contribution in [0.4, 0.5) is 4.39 Å². The van der Waals surface area contributed by atoms with E-state index in [0.717, 1.165) is 0 Å². The lowest BCUT2D eigenvalue weighted by atomic mass is 10.2. The van der Waals surface area contributed by atoms with E-state index in [-0.39, 0.29) is 18.8 Å². The van der Waals surface area contributed by atoms with Gasteiger partial charge in [-0.25, -0.2) is 9.07 Å². The van der Waals surface area contributed by atoms with Crippen LogP contribution in [-0.4, -0.2) is 31.3 Å². The molecule has 0 unspecified atom stereocenters. The number of carbonyl (C=O) groups is 1. The first-order chi connectivity index (χ1) is 8.56. The number of hydrogen-bond acceptors (Lipinski definition) is 4. The fraction of sp³-hybridized carbons (Fsp3) is 0.200. The third-order valence-corrected chi connectivity index (χ3v) is 2.49. The highest BCUT2D eigenvalue weighted by molar-refractivity contribution is 6.30. The van der Waals surface area contributed by atoms with Crippen molar-refractivity contribution in [1.29, 1.82) is 0 Å². The maximum atomic E-state index is 13.6. The minimum absolute atomic E-state index is 0.0542. The zero-order valence-electron chi connectivity index (χ0n) is 9.05. The summed E-state index contributed by atoms with van der Waals surface area (Å²) in [5, 5.41) is 19.5. The van der Waals surface area contributed by atoms with Crippen molar-refractivity contribution >= 4 is 17.6 Å². The van der Waals surface area contributed by atoms with E-state index >= 15 is 0 Å². The molecular formula is C10H8ClFN4O2. The number of hydrogen-bond donors (Lipinski definition) is 1. The summed E-state index contributed by atoms with van der Waals surface area (Å²) in [6.45, 7) is 0.0542. The van der Waals surface area contributed by atoms with Gasteiger partial charge in [-0.15, -0.1) is 5.10 Å². The van der Waals surface area contributed by atoms with Gasteiger partial charge in [0.2, 0.25) is 0 Å². The van der Waals surface area contributed by atoms with Crippen molar-refractivity contribution in [3.63, 3.8) is 0 Å². The summed E-state index contributed by atoms with van der Waals surface area (Å²) < 4.78 is 14.8. The average Bonchev–Trinajstić information content (AvgIpc) is 2.69. The van der Waals surface area contributed by atoms with Crippen LogP contribution in [-0.2, 0) is 17.8 Å². The van der Waals surface area contributed by atoms with E-state index in [1.54, 1.807) is 6.07 Å². The molecule has 0 aliphatic rings. The number of carboxylic acids is 1. The molecule has 2 aromatic rings. The summed E-state index contributed by atoms with van der Waals surface area (Å²) in [5.41, 5.74) is 0.332. The van der Waals surface area contributed by atoms with Gasteiger partial charge in [0.25, 0.3) is 0 Å². The van der Waals surface area contributed by atoms with Gasteiger partial charge < -0.3 is 5.11 Å². The first-order valence-corrected chi connectivity index (χ1v) is 5.35. The number of carboxylic acid groups (broad SMARTS) is 1. The number of nitrogens with zero attached hydrogens (tertiary/aromatic N) is 4. The third-order valence-electron chi connectivity index (χ3n) is 2.25. The average molecular weight is 271 g/mol. The summed E-state index contributed by atoms with van der Waals surface area (Å²) in [4.78, 5) is 10.6. The zero-order chi connectivity index (χ0) is 13.1. The lowest BCUT2D eigenvalue weighted by Gasteiger charge is -2.05. The van der Waals surface area contributed by atoms with Crippen LogP contribution in [0.2, 0.25) is 5.02 Å². The Kier molecular flexibility index (Phi) is 3.52. The third kappa shape index (κ3) is 2.80. The molecule has 0 aliphatic heterocycles. The van der Waals surface area contributed by atoms with Gasteiger partial charge in [-0.3, -0.25) is 4.79 Å². The summed E-state index contributed by atoms with van der Waals surface area (Å²) in [6.07, 6.45) is -0.317. The van der Waals surface area contributed by atoms with E-state index in [1.165, 1.54) is 16.8 Å². The molecule has 94 valence electrons. The topological polar surface area (TPSA) is 80.9 Å². The van der Waals surface area contributed by atoms with Gasteiger partial charge in [0.1, 0.15) is 12.2 Å². The molecule has 6 nitrogen and oxygen atoms in total. The lowest BCUT2D eigenvalue weighted by molar-refractivity contribution is -0.136. The molecule has 0 spiro atoms. The van der Waals surface area contributed by atoms with Gasteiger partial charge in [-0.05, 0) is 22.6 Å². The fourth-order valence-electron chi connectivity index (χ4n) is 1.42. The number of aliphatic carboxylic acids is 1. The molecule has 18 heavy (non-hydrogen) atoms. The van der Waals surface area contributed by atoms with Crippen LogP contribution in [0.5, 0.6) is 0 Å². The molecule has 0 radical (unpaired) electrons. The number of benzene rings is 1. The van der Waals surface area contributed by atoms with Gasteiger partial charge in [0, 0.05) is 10.6 Å². The number of tetrazole rings is 1. The summed E-state index contributed by atoms with van der Waals surface area (Å²) in [7, 11) is 0. The van der Waals surface area contributed by atoms with Crippen LogP contribution >= 0.6 is 11.6 Å². The second kappa shape index (κ2) is 5.09. The van der Waals surface area contributed by atoms with Crippen molar-refractivity contribution in [3.05, 3.63) is 40.4 Å². The Labute approximate surface area is 106 Å². The van der Waals surface area contributed by atoms with E-state index in [1.807, 2.05) is 0 Å². The van der Waals surface area contributed by atoms with Crippen molar-refractivity contribution < 1.29 is 14.3 Å². The molecule has 0 bridgehead atoms. The Morgan fingerprint density at radius 2 is 2.28 bits per heavy atom. The fourth-order valence-corrected chi connectivity index (χ4v) is 1.58. The van der Waals surface area contributed by atoms with Crippen molar-refractivity contribution in [2.45, 2.75) is 13.0 Å². The van der Waals surface area contributed by atoms with Crippen LogP contribution in [0.3, 0.4) is 0 Å². The first kappa shape index (κ1) is 12.4. The molecule has 8 heteroatoms. The Morgan fingerprint density at radius 1 is 1.50 bits per heavy atom. The standard InChI is InChI=1S/C10H8ClFN4O2/c11-7-2-1-6(8(12)3-7)5-16-9(4-10(17)18)13-14-15-16/h1-3H,4-5H2,(H,17,18). The van der Waals surface area contributed by atoms with Crippen molar-refractivity contribution in [3.8, 4) is 0 Å². The quantitative estimate of drug-likeness (QED) is 0.901. The Hall–Kier alpha value is -2.02. The normalized spacial score (nSPS) is 10.6. The van der Waals surface area contributed by atoms with Gasteiger partial charge in [0.05, 0.1) is 6.54 Å². The van der Waals surface area contributed by atoms with E-state index < -0.39 is 11.8 Å². The molecule has 1 heterocycles. The van der Waals surface area contributed by atoms with Gasteiger partial charge in [-0.2, -0.15) is 0 Å². The monoisotopic (exact) mass is 270 g/mol. The highest BCUT2D eigenvalue weighted by Crippen LogP contribution is 2.15. The molecule has 0 aliphatic carbocycles. The van der Waals surface area contributed by atoms with Crippen molar-refractivity contribution in [1.82, 2.24) is 20.2 Å². The molecule has 0 fully saturated rings. The molecule has 1 N–H and O–H groups in total. The Morgan fingerprint density at radius 3 is 2.94 bits per heavy atom. The molecule has 1 aromatic carbocycles. The summed E-state index contributed by atoms with van der Waals surface area (Å²) in [6, 6.07) is 4.23. The lowest BCUT2D eigenvalue weighted by Crippen LogP contribution is -2.12. The van der Waals surface area contributed by atoms with Crippen molar-refractivity contribution in [2.24, 2.45) is 0 Å². The largest absolute Gasteiger partial charge is 0.481 e. The molecular weight excluding hydrogens is 263 g/mol. The highest BCUT2D eigenvalue weighted by Gasteiger charge is 2.12. The minimum Gasteiger partial charge on any atom is -0.481 e. The highest BCUT2D eigenvalue weighted by atomic mass is 35.5. The zero-order valence-corrected chi connectivity index (χ0v) is 9.80. The molecule has 0 saturated heterocycles. The first-order valence-electron chi connectivity index (χ1n) is 4.97. The number of aromatic nitrogens is 4. The maximum absolute atomic E-state index is 13.6. The number of rotatable bonds is 4. The maximum Gasteiger partial charge on any atom is 0.311 e. The number of halogens is 2. The smallest absolute Gasteiger partial charge is 0.311 e. The van der Waals surface area contributed by atoms with E-state index in [2.05, 4.69) is 15.5 Å². The summed E-state index contributed by atoms with van der Waals surface area (Å²) in [5.74, 6) is -1.38. The SMILES string of the molecule is O=C(O)Cc1nnnn1Cc1ccc(Cl)cc1F. The van der Waals surface area contributed by atoms with Crippen LogP contribution in [0.1, 0.15) is 11.4 Å². The van der Waals surface area contributed by atoms with Crippen molar-refractivity contribution in [2.75, 3.05) is 0 Å². The molecule has 0 saturated carbocycles. The van der Waals surface area contributed by atoms with Gasteiger partial charge in [0.15, 0.2) is 5.82 Å². The molecule has 2 rings (SSSR count). The predicted octanol–water partition coefficient (Wildman–Crippen LogP) is 1.14. The Balaban J connectivity index is 2.23. The van der Waals surface area contributed by atoms with Crippen LogP contribution < -0.4 is 0 Å². The molecule has 0 atom stereocenters. The van der Waals surface area contributed by atoms with Crippen LogP contribution in [0.15, 0.2) is 18.2 Å². The van der Waals surface area contributed by atoms with E-state index in [0.29, 0.717) is 10.6 Å². The Bertz CT molecular complexity index is 587. The van der Waals surface area contributed by atoms with E-state index in [4.69, 9.17) is 16.7 Å². The second-order valence-electron chi connectivity index (χ2n) is 3.56. The summed E-state index contributed by atoms with van der Waals surface area (Å²) >= 11 is 5.63. The predicted molar refractivity (Wildman–Crippen MR) is 59.7 cm³/mol. The van der Waals surface area contributed by atoms with Gasteiger partial charge in [-0.1, -0.05) is 17.7 Å². The second-order valence-corrected chi connectivity index (χ2v) is 4.00. The van der Waals surface area contributed by atoms with Gasteiger partial charge >= 0.3 is 5.97 Å². The molecule has 0 amide bonds. The van der Waals surface area contributed by atoms with E-state index in [9.17, 15) is 9.18 Å². The van der Waals surface area contributed by atoms with Crippen LogP contribution in [0.25, 0.3) is 0 Å². The molecule has 1 aromatic heterocycles.